The lowest BCUT2D eigenvalue weighted by molar-refractivity contribution is 0.0912. The Hall–Kier alpha value is -1.46. The van der Waals surface area contributed by atoms with Crippen LogP contribution in [0, 0.1) is 0 Å². The lowest BCUT2D eigenvalue weighted by Gasteiger charge is -2.16. The molecule has 4 nitrogen and oxygen atoms in total. The lowest BCUT2D eigenvalue weighted by Crippen LogP contribution is -2.42. The van der Waals surface area contributed by atoms with E-state index in [1.807, 2.05) is 0 Å². The molecule has 0 aliphatic rings. The molecule has 0 aromatic heterocycles. The zero-order valence-corrected chi connectivity index (χ0v) is 16.1. The monoisotopic (exact) mass is 418 g/mol. The van der Waals surface area contributed by atoms with Gasteiger partial charge in [0.05, 0.1) is 21.2 Å². The largest absolute Gasteiger partial charge is 0.350 e. The molecule has 2 rings (SSSR count). The summed E-state index contributed by atoms with van der Waals surface area (Å²) in [6.07, 6.45) is 0. The number of hydrogen-bond donors (Lipinski definition) is 2. The minimum absolute atomic E-state index is 0.200. The fourth-order valence-electron chi connectivity index (χ4n) is 2.04. The smallest absolute Gasteiger partial charge is 0.253 e. The first-order chi connectivity index (χ1) is 11.8. The van der Waals surface area contributed by atoms with Gasteiger partial charge < -0.3 is 10.6 Å². The van der Waals surface area contributed by atoms with Crippen LogP contribution in [0.15, 0.2) is 36.4 Å². The number of nitrogens with one attached hydrogen (secondary N) is 2. The summed E-state index contributed by atoms with van der Waals surface area (Å²) in [7, 11) is 0. The summed E-state index contributed by atoms with van der Waals surface area (Å²) in [4.78, 5) is 24.4. The van der Waals surface area contributed by atoms with Crippen LogP contribution in [0.5, 0.6) is 0 Å². The van der Waals surface area contributed by atoms with Gasteiger partial charge >= 0.3 is 0 Å². The molecule has 0 bridgehead atoms. The van der Waals surface area contributed by atoms with E-state index in [0.717, 1.165) is 0 Å². The van der Waals surface area contributed by atoms with E-state index in [9.17, 15) is 9.59 Å². The maximum Gasteiger partial charge on any atom is 0.253 e. The molecule has 0 aliphatic heterocycles. The van der Waals surface area contributed by atoms with Crippen molar-refractivity contribution in [3.63, 3.8) is 0 Å². The Morgan fingerprint density at radius 3 is 1.88 bits per heavy atom. The van der Waals surface area contributed by atoms with Crippen LogP contribution in [-0.2, 0) is 0 Å². The third-order valence-electron chi connectivity index (χ3n) is 3.29. The summed E-state index contributed by atoms with van der Waals surface area (Å²) in [6.45, 7) is 1.95. The molecule has 0 fully saturated rings. The van der Waals surface area contributed by atoms with Crippen LogP contribution in [0.4, 0.5) is 0 Å². The molecule has 25 heavy (non-hydrogen) atoms. The van der Waals surface area contributed by atoms with Crippen LogP contribution in [-0.4, -0.2) is 24.4 Å². The van der Waals surface area contributed by atoms with E-state index < -0.39 is 0 Å². The van der Waals surface area contributed by atoms with Crippen molar-refractivity contribution in [1.82, 2.24) is 10.6 Å². The van der Waals surface area contributed by atoms with Gasteiger partial charge in [0.25, 0.3) is 11.8 Å². The first kappa shape index (κ1) is 19.9. The average Bonchev–Trinajstić information content (AvgIpc) is 2.57. The number of benzene rings is 2. The van der Waals surface area contributed by atoms with Crippen molar-refractivity contribution in [2.24, 2.45) is 0 Å². The Morgan fingerprint density at radius 1 is 0.880 bits per heavy atom. The number of carbonyl (C=O) groups is 2. The highest BCUT2D eigenvalue weighted by Gasteiger charge is 2.16. The SMILES string of the molecule is CC(CNC(=O)c1cc(Cl)ccc1Cl)NC(=O)c1cc(Cl)ccc1Cl. The summed E-state index contributed by atoms with van der Waals surface area (Å²) in [5.74, 6) is -0.760. The minimum atomic E-state index is -0.380. The van der Waals surface area contributed by atoms with Gasteiger partial charge in [0, 0.05) is 22.6 Å². The van der Waals surface area contributed by atoms with E-state index in [1.165, 1.54) is 12.1 Å². The molecule has 132 valence electrons. The van der Waals surface area contributed by atoms with Gasteiger partial charge in [0.15, 0.2) is 0 Å². The van der Waals surface area contributed by atoms with Crippen LogP contribution >= 0.6 is 46.4 Å². The standard InChI is InChI=1S/C17H14Cl4N2O2/c1-9(23-17(25)13-7-11(19)3-5-15(13)21)8-22-16(24)12-6-10(18)2-4-14(12)20/h2-7,9H,8H2,1H3,(H,22,24)(H,23,25). The topological polar surface area (TPSA) is 58.2 Å². The summed E-state index contributed by atoms with van der Waals surface area (Å²) in [6, 6.07) is 8.91. The molecule has 2 aromatic carbocycles. The van der Waals surface area contributed by atoms with Crippen molar-refractivity contribution in [2.45, 2.75) is 13.0 Å². The maximum absolute atomic E-state index is 12.2. The normalized spacial score (nSPS) is 11.7. The van der Waals surface area contributed by atoms with Gasteiger partial charge in [-0.25, -0.2) is 0 Å². The van der Waals surface area contributed by atoms with Crippen molar-refractivity contribution < 1.29 is 9.59 Å². The molecule has 0 saturated carbocycles. The summed E-state index contributed by atoms with van der Waals surface area (Å²) in [5.41, 5.74) is 0.538. The Kier molecular flexibility index (Phi) is 6.96. The van der Waals surface area contributed by atoms with Gasteiger partial charge in [0.1, 0.15) is 0 Å². The first-order valence-corrected chi connectivity index (χ1v) is 8.78. The fourth-order valence-corrected chi connectivity index (χ4v) is 2.79. The molecule has 0 heterocycles. The summed E-state index contributed by atoms with van der Waals surface area (Å²) < 4.78 is 0. The van der Waals surface area contributed by atoms with Gasteiger partial charge in [-0.15, -0.1) is 0 Å². The summed E-state index contributed by atoms with van der Waals surface area (Å²) >= 11 is 23.7. The van der Waals surface area contributed by atoms with Crippen LogP contribution in [0.25, 0.3) is 0 Å². The van der Waals surface area contributed by atoms with Crippen molar-refractivity contribution in [2.75, 3.05) is 6.54 Å². The van der Waals surface area contributed by atoms with Gasteiger partial charge in [-0.05, 0) is 43.3 Å². The molecule has 2 aromatic rings. The van der Waals surface area contributed by atoms with E-state index in [4.69, 9.17) is 46.4 Å². The Morgan fingerprint density at radius 2 is 1.36 bits per heavy atom. The highest BCUT2D eigenvalue weighted by Crippen LogP contribution is 2.21. The van der Waals surface area contributed by atoms with Crippen LogP contribution in [0.1, 0.15) is 27.6 Å². The Balaban J connectivity index is 1.95. The predicted octanol–water partition coefficient (Wildman–Crippen LogP) is 4.85. The van der Waals surface area contributed by atoms with Crippen molar-refractivity contribution in [3.05, 3.63) is 67.6 Å². The molecule has 0 radical (unpaired) electrons. The van der Waals surface area contributed by atoms with Crippen molar-refractivity contribution in [1.29, 1.82) is 0 Å². The average molecular weight is 420 g/mol. The Labute approximate surface area is 165 Å². The molecule has 0 spiro atoms. The van der Waals surface area contributed by atoms with E-state index in [2.05, 4.69) is 10.6 Å². The molecular formula is C17H14Cl4N2O2. The molecule has 0 saturated heterocycles. The molecule has 2 amide bonds. The summed E-state index contributed by atoms with van der Waals surface area (Å²) in [5, 5.41) is 6.84. The van der Waals surface area contributed by atoms with Crippen LogP contribution in [0.2, 0.25) is 20.1 Å². The third kappa shape index (κ3) is 5.51. The maximum atomic E-state index is 12.2. The second-order valence-electron chi connectivity index (χ2n) is 5.33. The highest BCUT2D eigenvalue weighted by molar-refractivity contribution is 6.36. The second-order valence-corrected chi connectivity index (χ2v) is 7.02. The zero-order valence-electron chi connectivity index (χ0n) is 13.1. The number of halogens is 4. The second kappa shape index (κ2) is 8.77. The zero-order chi connectivity index (χ0) is 18.6. The van der Waals surface area contributed by atoms with Gasteiger partial charge in [0.2, 0.25) is 0 Å². The molecular weight excluding hydrogens is 406 g/mol. The fraction of sp³-hybridized carbons (Fsp3) is 0.176. The minimum Gasteiger partial charge on any atom is -0.350 e. The van der Waals surface area contributed by atoms with Crippen LogP contribution < -0.4 is 10.6 Å². The molecule has 1 atom stereocenters. The number of amides is 2. The lowest BCUT2D eigenvalue weighted by atomic mass is 10.2. The number of carbonyl (C=O) groups excluding carboxylic acids is 2. The van der Waals surface area contributed by atoms with Crippen molar-refractivity contribution >= 4 is 58.2 Å². The Bertz CT molecular complexity index is 811. The number of hydrogen-bond acceptors (Lipinski definition) is 2. The number of rotatable bonds is 5. The first-order valence-electron chi connectivity index (χ1n) is 7.27. The third-order valence-corrected chi connectivity index (χ3v) is 4.42. The molecule has 8 heteroatoms. The molecule has 2 N–H and O–H groups in total. The van der Waals surface area contributed by atoms with Gasteiger partial charge in [-0.1, -0.05) is 46.4 Å². The predicted molar refractivity (Wildman–Crippen MR) is 102 cm³/mol. The van der Waals surface area contributed by atoms with E-state index in [0.29, 0.717) is 20.1 Å². The molecule has 0 aliphatic carbocycles. The van der Waals surface area contributed by atoms with Gasteiger partial charge in [-0.2, -0.15) is 0 Å². The van der Waals surface area contributed by atoms with Gasteiger partial charge in [-0.3, -0.25) is 9.59 Å². The quantitative estimate of drug-likeness (QED) is 0.727. The van der Waals surface area contributed by atoms with E-state index in [1.54, 1.807) is 31.2 Å². The van der Waals surface area contributed by atoms with Crippen molar-refractivity contribution in [3.8, 4) is 0 Å². The van der Waals surface area contributed by atoms with Crippen LogP contribution in [0.3, 0.4) is 0 Å². The van der Waals surface area contributed by atoms with E-state index >= 15 is 0 Å². The highest BCUT2D eigenvalue weighted by atomic mass is 35.5. The molecule has 1 unspecified atom stereocenters. The van der Waals surface area contributed by atoms with E-state index in [-0.39, 0.29) is 35.5 Å².